The van der Waals surface area contributed by atoms with Crippen LogP contribution in [-0.2, 0) is 0 Å². The summed E-state index contributed by atoms with van der Waals surface area (Å²) in [7, 11) is 0. The van der Waals surface area contributed by atoms with Crippen molar-refractivity contribution >= 4 is 6.03 Å². The van der Waals surface area contributed by atoms with Crippen LogP contribution in [0.5, 0.6) is 0 Å². The summed E-state index contributed by atoms with van der Waals surface area (Å²) in [6, 6.07) is -0.645. The number of rotatable bonds is 2. The van der Waals surface area contributed by atoms with Gasteiger partial charge >= 0.3 is 6.03 Å². The lowest BCUT2D eigenvalue weighted by atomic mass is 10.1. The molecule has 1 saturated carbocycles. The van der Waals surface area contributed by atoms with Gasteiger partial charge in [-0.05, 0) is 12.8 Å². The van der Waals surface area contributed by atoms with Gasteiger partial charge in [0, 0.05) is 0 Å². The Hall–Kier alpha value is -0.800. The van der Waals surface area contributed by atoms with E-state index < -0.39 is 11.7 Å². The molecule has 2 amide bonds. The van der Waals surface area contributed by atoms with E-state index in [1.165, 1.54) is 0 Å². The van der Waals surface area contributed by atoms with Crippen LogP contribution in [0.25, 0.3) is 0 Å². The van der Waals surface area contributed by atoms with Crippen molar-refractivity contribution in [2.45, 2.75) is 31.4 Å². The van der Waals surface area contributed by atoms with Crippen molar-refractivity contribution in [1.29, 1.82) is 0 Å². The van der Waals surface area contributed by atoms with Crippen LogP contribution < -0.4 is 11.1 Å². The molecule has 0 radical (unpaired) electrons. The van der Waals surface area contributed by atoms with Crippen molar-refractivity contribution in [2.75, 3.05) is 6.54 Å². The van der Waals surface area contributed by atoms with E-state index in [1.807, 2.05) is 0 Å². The van der Waals surface area contributed by atoms with Gasteiger partial charge in [-0.2, -0.15) is 0 Å². The van der Waals surface area contributed by atoms with Gasteiger partial charge in [0.1, 0.15) is 5.67 Å². The number of urea groups is 1. The van der Waals surface area contributed by atoms with Crippen LogP contribution >= 0.6 is 0 Å². The number of nitrogens with two attached hydrogens (primary N) is 1. The van der Waals surface area contributed by atoms with Gasteiger partial charge in [-0.25, -0.2) is 9.18 Å². The topological polar surface area (TPSA) is 55.1 Å². The van der Waals surface area contributed by atoms with Gasteiger partial charge in [-0.1, -0.05) is 12.8 Å². The van der Waals surface area contributed by atoms with Crippen LogP contribution in [0.15, 0.2) is 0 Å². The molecule has 64 valence electrons. The van der Waals surface area contributed by atoms with Gasteiger partial charge in [-0.15, -0.1) is 0 Å². The minimum Gasteiger partial charge on any atom is -0.352 e. The lowest BCUT2D eigenvalue weighted by molar-refractivity contribution is 0.168. The fourth-order valence-electron chi connectivity index (χ4n) is 1.43. The fraction of sp³-hybridized carbons (Fsp3) is 0.857. The normalized spacial score (nSPS) is 21.5. The molecule has 1 aliphatic carbocycles. The first kappa shape index (κ1) is 8.30. The second-order valence-corrected chi connectivity index (χ2v) is 3.08. The van der Waals surface area contributed by atoms with E-state index in [0.29, 0.717) is 12.8 Å². The maximum atomic E-state index is 13.4. The van der Waals surface area contributed by atoms with Crippen LogP contribution in [0.1, 0.15) is 25.7 Å². The number of hydrogen-bond acceptors (Lipinski definition) is 1. The van der Waals surface area contributed by atoms with Gasteiger partial charge in [0.05, 0.1) is 6.54 Å². The van der Waals surface area contributed by atoms with Crippen LogP contribution in [-0.4, -0.2) is 18.2 Å². The third-order valence-corrected chi connectivity index (χ3v) is 2.08. The highest BCUT2D eigenvalue weighted by atomic mass is 19.1. The molecule has 1 rings (SSSR count). The Bertz CT molecular complexity index is 155. The summed E-state index contributed by atoms with van der Waals surface area (Å²) in [5.41, 5.74) is 3.63. The predicted molar refractivity (Wildman–Crippen MR) is 39.9 cm³/mol. The molecule has 4 heteroatoms. The zero-order chi connectivity index (χ0) is 8.32. The third-order valence-electron chi connectivity index (χ3n) is 2.08. The summed E-state index contributed by atoms with van der Waals surface area (Å²) in [6.45, 7) is 0.0718. The first-order valence-electron chi connectivity index (χ1n) is 3.85. The zero-order valence-corrected chi connectivity index (χ0v) is 6.40. The Labute approximate surface area is 65.1 Å². The van der Waals surface area contributed by atoms with Crippen molar-refractivity contribution in [3.63, 3.8) is 0 Å². The first-order chi connectivity index (χ1) is 5.12. The summed E-state index contributed by atoms with van der Waals surface area (Å²) in [4.78, 5) is 10.2. The average Bonchev–Trinajstić information content (AvgIpc) is 2.33. The molecular weight excluding hydrogens is 147 g/mol. The highest BCUT2D eigenvalue weighted by molar-refractivity contribution is 5.71. The summed E-state index contributed by atoms with van der Waals surface area (Å²) in [5, 5.41) is 2.29. The molecule has 0 aromatic carbocycles. The second kappa shape index (κ2) is 3.07. The predicted octanol–water partition coefficient (Wildman–Crippen LogP) is 0.937. The number of amides is 2. The number of alkyl halides is 1. The minimum absolute atomic E-state index is 0.0718. The van der Waals surface area contributed by atoms with E-state index in [0.717, 1.165) is 12.8 Å². The Morgan fingerprint density at radius 2 is 2.09 bits per heavy atom. The zero-order valence-electron chi connectivity index (χ0n) is 6.40. The molecule has 0 aliphatic heterocycles. The number of halogens is 1. The van der Waals surface area contributed by atoms with Gasteiger partial charge in [0.2, 0.25) is 0 Å². The van der Waals surface area contributed by atoms with Crippen LogP contribution in [0, 0.1) is 0 Å². The fourth-order valence-corrected chi connectivity index (χ4v) is 1.43. The number of carbonyl (C=O) groups is 1. The van der Waals surface area contributed by atoms with Crippen molar-refractivity contribution in [2.24, 2.45) is 5.73 Å². The van der Waals surface area contributed by atoms with E-state index in [9.17, 15) is 9.18 Å². The standard InChI is InChI=1S/C7H13FN2O/c8-7(3-1-2-4-7)5-10-6(9)11/h1-5H2,(H3,9,10,11). The largest absolute Gasteiger partial charge is 0.352 e. The van der Waals surface area contributed by atoms with Crippen LogP contribution in [0.2, 0.25) is 0 Å². The smallest absolute Gasteiger partial charge is 0.312 e. The number of hydrogen-bond donors (Lipinski definition) is 2. The van der Waals surface area contributed by atoms with Crippen molar-refractivity contribution in [3.05, 3.63) is 0 Å². The van der Waals surface area contributed by atoms with Crippen LogP contribution in [0.4, 0.5) is 9.18 Å². The van der Waals surface area contributed by atoms with E-state index in [-0.39, 0.29) is 6.54 Å². The van der Waals surface area contributed by atoms with Crippen molar-refractivity contribution in [1.82, 2.24) is 5.32 Å². The summed E-state index contributed by atoms with van der Waals surface area (Å²) < 4.78 is 13.4. The first-order valence-corrected chi connectivity index (χ1v) is 3.85. The Morgan fingerprint density at radius 1 is 1.55 bits per heavy atom. The third kappa shape index (κ3) is 2.37. The number of nitrogens with one attached hydrogen (secondary N) is 1. The molecule has 3 N–H and O–H groups in total. The number of primary amides is 1. The highest BCUT2D eigenvalue weighted by Gasteiger charge is 2.33. The van der Waals surface area contributed by atoms with Gasteiger partial charge in [-0.3, -0.25) is 0 Å². The van der Waals surface area contributed by atoms with E-state index in [1.54, 1.807) is 0 Å². The molecule has 0 saturated heterocycles. The van der Waals surface area contributed by atoms with Crippen molar-refractivity contribution < 1.29 is 9.18 Å². The quantitative estimate of drug-likeness (QED) is 0.620. The minimum atomic E-state index is -1.19. The monoisotopic (exact) mass is 160 g/mol. The molecule has 0 bridgehead atoms. The lowest BCUT2D eigenvalue weighted by Crippen LogP contribution is -2.40. The molecule has 3 nitrogen and oxygen atoms in total. The highest BCUT2D eigenvalue weighted by Crippen LogP contribution is 2.32. The molecule has 1 fully saturated rings. The Kier molecular flexibility index (Phi) is 2.31. The molecule has 0 unspecified atom stereocenters. The average molecular weight is 160 g/mol. The summed E-state index contributed by atoms with van der Waals surface area (Å²) in [6.07, 6.45) is 2.93. The number of carbonyl (C=O) groups excluding carboxylic acids is 1. The molecular formula is C7H13FN2O. The maximum Gasteiger partial charge on any atom is 0.312 e. The Balaban J connectivity index is 2.28. The lowest BCUT2D eigenvalue weighted by Gasteiger charge is -2.18. The molecule has 0 aromatic heterocycles. The molecule has 0 atom stereocenters. The van der Waals surface area contributed by atoms with Gasteiger partial charge in [0.15, 0.2) is 0 Å². The van der Waals surface area contributed by atoms with Crippen molar-refractivity contribution in [3.8, 4) is 0 Å². The Morgan fingerprint density at radius 3 is 2.55 bits per heavy atom. The molecule has 0 spiro atoms. The van der Waals surface area contributed by atoms with Crippen LogP contribution in [0.3, 0.4) is 0 Å². The molecule has 11 heavy (non-hydrogen) atoms. The SMILES string of the molecule is NC(=O)NCC1(F)CCCC1. The van der Waals surface area contributed by atoms with Gasteiger partial charge < -0.3 is 11.1 Å². The summed E-state index contributed by atoms with van der Waals surface area (Å²) >= 11 is 0. The van der Waals surface area contributed by atoms with E-state index in [4.69, 9.17) is 5.73 Å². The summed E-state index contributed by atoms with van der Waals surface area (Å²) in [5.74, 6) is 0. The second-order valence-electron chi connectivity index (χ2n) is 3.08. The van der Waals surface area contributed by atoms with E-state index >= 15 is 0 Å². The van der Waals surface area contributed by atoms with Gasteiger partial charge in [0.25, 0.3) is 0 Å². The molecule has 0 aromatic rings. The maximum absolute atomic E-state index is 13.4. The molecule has 0 heterocycles. The van der Waals surface area contributed by atoms with E-state index in [2.05, 4.69) is 5.32 Å². The molecule has 1 aliphatic rings.